The van der Waals surface area contributed by atoms with Gasteiger partial charge in [-0.2, -0.15) is 0 Å². The molecule has 1 N–H and O–H groups in total. The molecular weight excluding hydrogens is 362 g/mol. The Balaban J connectivity index is 1.52. The van der Waals surface area contributed by atoms with E-state index < -0.39 is 0 Å². The molecular formula is C22H20ClNOS. The first kappa shape index (κ1) is 18.6. The zero-order valence-electron chi connectivity index (χ0n) is 14.5. The van der Waals surface area contributed by atoms with Crippen LogP contribution in [0.2, 0.25) is 5.02 Å². The number of amides is 1. The summed E-state index contributed by atoms with van der Waals surface area (Å²) < 4.78 is 0. The maximum atomic E-state index is 12.3. The van der Waals surface area contributed by atoms with Crippen LogP contribution in [0.5, 0.6) is 0 Å². The highest BCUT2D eigenvalue weighted by molar-refractivity contribution is 7.98. The van der Waals surface area contributed by atoms with E-state index in [9.17, 15) is 4.79 Å². The van der Waals surface area contributed by atoms with Crippen LogP contribution < -0.4 is 5.32 Å². The predicted molar refractivity (Wildman–Crippen MR) is 110 cm³/mol. The maximum absolute atomic E-state index is 12.3. The van der Waals surface area contributed by atoms with Crippen LogP contribution in [0.3, 0.4) is 0 Å². The molecule has 1 amide bonds. The van der Waals surface area contributed by atoms with E-state index in [-0.39, 0.29) is 5.91 Å². The van der Waals surface area contributed by atoms with Crippen molar-refractivity contribution < 1.29 is 4.79 Å². The molecule has 3 aromatic carbocycles. The number of carbonyl (C=O) groups is 1. The Morgan fingerprint density at radius 2 is 1.50 bits per heavy atom. The Morgan fingerprint density at radius 1 is 0.885 bits per heavy atom. The molecule has 0 atom stereocenters. The topological polar surface area (TPSA) is 29.1 Å². The second kappa shape index (κ2) is 8.93. The third kappa shape index (κ3) is 5.38. The lowest BCUT2D eigenvalue weighted by Gasteiger charge is -2.07. The van der Waals surface area contributed by atoms with Gasteiger partial charge in [0, 0.05) is 27.8 Å². The van der Waals surface area contributed by atoms with Crippen molar-refractivity contribution in [3.8, 4) is 0 Å². The van der Waals surface area contributed by atoms with Gasteiger partial charge in [-0.1, -0.05) is 53.6 Å². The monoisotopic (exact) mass is 381 g/mol. The molecule has 132 valence electrons. The van der Waals surface area contributed by atoms with Crippen molar-refractivity contribution >= 4 is 29.3 Å². The number of hydrogen-bond donors (Lipinski definition) is 1. The Hall–Kier alpha value is -2.23. The first-order valence-corrected chi connectivity index (χ1v) is 9.77. The summed E-state index contributed by atoms with van der Waals surface area (Å²) in [7, 11) is 0. The van der Waals surface area contributed by atoms with Crippen LogP contribution in [0, 0.1) is 6.92 Å². The lowest BCUT2D eigenvalue weighted by Crippen LogP contribution is -2.22. The Kier molecular flexibility index (Phi) is 6.37. The highest BCUT2D eigenvalue weighted by Crippen LogP contribution is 2.24. The van der Waals surface area contributed by atoms with Crippen molar-refractivity contribution in [2.45, 2.75) is 24.1 Å². The van der Waals surface area contributed by atoms with Gasteiger partial charge in [0.25, 0.3) is 5.91 Å². The van der Waals surface area contributed by atoms with E-state index in [1.54, 1.807) is 11.8 Å². The van der Waals surface area contributed by atoms with Gasteiger partial charge in [-0.25, -0.2) is 0 Å². The molecule has 3 aromatic rings. The van der Waals surface area contributed by atoms with Gasteiger partial charge in [0.1, 0.15) is 0 Å². The molecule has 0 spiro atoms. The smallest absolute Gasteiger partial charge is 0.251 e. The number of thioether (sulfide) groups is 1. The lowest BCUT2D eigenvalue weighted by atomic mass is 10.1. The van der Waals surface area contributed by atoms with Gasteiger partial charge in [0.05, 0.1) is 0 Å². The molecule has 4 heteroatoms. The molecule has 0 saturated carbocycles. The van der Waals surface area contributed by atoms with E-state index in [0.717, 1.165) is 16.3 Å². The zero-order valence-corrected chi connectivity index (χ0v) is 16.1. The molecule has 0 aromatic heterocycles. The number of hydrogen-bond acceptors (Lipinski definition) is 2. The van der Waals surface area contributed by atoms with E-state index in [1.165, 1.54) is 16.0 Å². The number of carbonyl (C=O) groups excluding carboxylic acids is 1. The van der Waals surface area contributed by atoms with Crippen molar-refractivity contribution in [3.05, 3.63) is 100 Å². The van der Waals surface area contributed by atoms with Crippen molar-refractivity contribution in [3.63, 3.8) is 0 Å². The van der Waals surface area contributed by atoms with Crippen LogP contribution >= 0.6 is 23.4 Å². The number of rotatable bonds is 6. The second-order valence-corrected chi connectivity index (χ2v) is 7.59. The lowest BCUT2D eigenvalue weighted by molar-refractivity contribution is 0.0951. The van der Waals surface area contributed by atoms with E-state index in [4.69, 9.17) is 11.6 Å². The number of nitrogens with one attached hydrogen (secondary N) is 1. The summed E-state index contributed by atoms with van der Waals surface area (Å²) in [5, 5.41) is 3.71. The second-order valence-electron chi connectivity index (χ2n) is 6.11. The molecule has 0 bridgehead atoms. The van der Waals surface area contributed by atoms with Gasteiger partial charge >= 0.3 is 0 Å². The number of benzene rings is 3. The summed E-state index contributed by atoms with van der Waals surface area (Å²) in [6.07, 6.45) is 0. The van der Waals surface area contributed by atoms with Crippen LogP contribution in [0.15, 0.2) is 77.7 Å². The van der Waals surface area contributed by atoms with Gasteiger partial charge < -0.3 is 5.32 Å². The van der Waals surface area contributed by atoms with Gasteiger partial charge in [-0.15, -0.1) is 11.8 Å². The Morgan fingerprint density at radius 3 is 2.15 bits per heavy atom. The fourth-order valence-corrected chi connectivity index (χ4v) is 3.42. The van der Waals surface area contributed by atoms with Crippen LogP contribution in [0.25, 0.3) is 0 Å². The summed E-state index contributed by atoms with van der Waals surface area (Å²) in [4.78, 5) is 13.5. The fourth-order valence-electron chi connectivity index (χ4n) is 2.44. The molecule has 0 heterocycles. The fraction of sp³-hybridized carbons (Fsp3) is 0.136. The van der Waals surface area contributed by atoms with Crippen LogP contribution in [-0.2, 0) is 12.3 Å². The summed E-state index contributed by atoms with van der Waals surface area (Å²) in [6, 6.07) is 23.7. The van der Waals surface area contributed by atoms with E-state index in [2.05, 4.69) is 24.4 Å². The average Bonchev–Trinajstić information content (AvgIpc) is 2.67. The third-order valence-electron chi connectivity index (χ3n) is 4.01. The molecule has 3 rings (SSSR count). The minimum Gasteiger partial charge on any atom is -0.348 e. The van der Waals surface area contributed by atoms with Gasteiger partial charge in [0.2, 0.25) is 0 Å². The maximum Gasteiger partial charge on any atom is 0.251 e. The highest BCUT2D eigenvalue weighted by Gasteiger charge is 2.05. The largest absolute Gasteiger partial charge is 0.348 e. The normalized spacial score (nSPS) is 10.5. The zero-order chi connectivity index (χ0) is 18.4. The summed E-state index contributed by atoms with van der Waals surface area (Å²) in [5.41, 5.74) is 4.17. The van der Waals surface area contributed by atoms with Crippen molar-refractivity contribution in [1.29, 1.82) is 0 Å². The van der Waals surface area contributed by atoms with Gasteiger partial charge in [-0.05, 0) is 54.4 Å². The average molecular weight is 382 g/mol. The van der Waals surface area contributed by atoms with Crippen molar-refractivity contribution in [2.24, 2.45) is 0 Å². The molecule has 0 aliphatic rings. The van der Waals surface area contributed by atoms with Crippen LogP contribution in [0.4, 0.5) is 0 Å². The van der Waals surface area contributed by atoms with Crippen LogP contribution in [-0.4, -0.2) is 5.91 Å². The first-order chi connectivity index (χ1) is 12.6. The van der Waals surface area contributed by atoms with Crippen molar-refractivity contribution in [1.82, 2.24) is 5.32 Å². The Bertz CT molecular complexity index is 858. The summed E-state index contributed by atoms with van der Waals surface area (Å²) >= 11 is 7.65. The minimum atomic E-state index is -0.0533. The molecule has 0 saturated heterocycles. The molecule has 0 aliphatic heterocycles. The SMILES string of the molecule is Cc1ccc(CNC(=O)c2ccc(CSc3ccc(Cl)cc3)cc2)cc1. The summed E-state index contributed by atoms with van der Waals surface area (Å²) in [6.45, 7) is 2.59. The third-order valence-corrected chi connectivity index (χ3v) is 5.34. The summed E-state index contributed by atoms with van der Waals surface area (Å²) in [5.74, 6) is 0.801. The van der Waals surface area contributed by atoms with Gasteiger partial charge in [-0.3, -0.25) is 4.79 Å². The number of aryl methyl sites for hydroxylation is 1. The minimum absolute atomic E-state index is 0.0533. The molecule has 0 unspecified atom stereocenters. The molecule has 0 fully saturated rings. The molecule has 2 nitrogen and oxygen atoms in total. The molecule has 0 aliphatic carbocycles. The van der Waals surface area contributed by atoms with E-state index in [1.807, 2.05) is 60.7 Å². The molecule has 0 radical (unpaired) electrons. The van der Waals surface area contributed by atoms with E-state index >= 15 is 0 Å². The quantitative estimate of drug-likeness (QED) is 0.541. The van der Waals surface area contributed by atoms with E-state index in [0.29, 0.717) is 12.1 Å². The Labute approximate surface area is 163 Å². The highest BCUT2D eigenvalue weighted by atomic mass is 35.5. The predicted octanol–water partition coefficient (Wildman–Crippen LogP) is 5.87. The van der Waals surface area contributed by atoms with Crippen molar-refractivity contribution in [2.75, 3.05) is 0 Å². The van der Waals surface area contributed by atoms with Gasteiger partial charge in [0.15, 0.2) is 0 Å². The standard InChI is InChI=1S/C22H20ClNOS/c1-16-2-4-17(5-3-16)14-24-22(25)19-8-6-18(7-9-19)15-26-21-12-10-20(23)11-13-21/h2-13H,14-15H2,1H3,(H,24,25). The number of halogens is 1. The van der Waals surface area contributed by atoms with Crippen LogP contribution in [0.1, 0.15) is 27.0 Å². The molecule has 26 heavy (non-hydrogen) atoms. The first-order valence-electron chi connectivity index (χ1n) is 8.41.